The molecule has 7 nitrogen and oxygen atoms in total. The first-order valence-corrected chi connectivity index (χ1v) is 9.50. The maximum Gasteiger partial charge on any atom is 0.233 e. The Bertz CT molecular complexity index is 818. The van der Waals surface area contributed by atoms with Crippen molar-refractivity contribution >= 4 is 23.4 Å². The number of halogens is 2. The van der Waals surface area contributed by atoms with Gasteiger partial charge in [-0.3, -0.25) is 14.8 Å². The summed E-state index contributed by atoms with van der Waals surface area (Å²) in [6.07, 6.45) is 3.97. The van der Waals surface area contributed by atoms with Gasteiger partial charge < -0.3 is 9.88 Å². The van der Waals surface area contributed by atoms with Crippen molar-refractivity contribution in [2.24, 2.45) is 5.92 Å². The van der Waals surface area contributed by atoms with Crippen LogP contribution < -0.4 is 0 Å². The standard InChI is InChI=1S/C19H24F2N4O3/c1-2-3-5-12(10-24(28)11-26)19(27)25-7-4-6-17(25)18-22-15-8-13(20)14(21)9-16(15)23-18/h8-9,11-12,17,28H,2-7,10H2,1H3,(H,22,23). The van der Waals surface area contributed by atoms with E-state index >= 15 is 0 Å². The molecule has 0 aliphatic carbocycles. The largest absolute Gasteiger partial charge is 0.340 e. The predicted octanol–water partition coefficient (Wildman–Crippen LogP) is 3.16. The number of nitrogens with zero attached hydrogens (tertiary/aromatic N) is 3. The van der Waals surface area contributed by atoms with Gasteiger partial charge in [-0.2, -0.15) is 0 Å². The molecule has 3 rings (SSSR count). The Kier molecular flexibility index (Phi) is 6.23. The number of fused-ring (bicyclic) bond motifs is 1. The third-order valence-electron chi connectivity index (χ3n) is 5.18. The van der Waals surface area contributed by atoms with E-state index in [2.05, 4.69) is 9.97 Å². The van der Waals surface area contributed by atoms with Gasteiger partial charge >= 0.3 is 0 Å². The van der Waals surface area contributed by atoms with Gasteiger partial charge in [-0.1, -0.05) is 19.8 Å². The molecule has 2 unspecified atom stereocenters. The highest BCUT2D eigenvalue weighted by molar-refractivity contribution is 5.80. The van der Waals surface area contributed by atoms with Crippen molar-refractivity contribution in [3.05, 3.63) is 29.6 Å². The topological polar surface area (TPSA) is 89.5 Å². The molecule has 0 spiro atoms. The van der Waals surface area contributed by atoms with Crippen LogP contribution in [0.5, 0.6) is 0 Å². The summed E-state index contributed by atoms with van der Waals surface area (Å²) in [5.74, 6) is -2.12. The summed E-state index contributed by atoms with van der Waals surface area (Å²) in [6, 6.07) is 1.75. The first kappa shape index (κ1) is 20.2. The van der Waals surface area contributed by atoms with Crippen LogP contribution in [0.15, 0.2) is 12.1 Å². The summed E-state index contributed by atoms with van der Waals surface area (Å²) in [4.78, 5) is 32.9. The maximum absolute atomic E-state index is 13.5. The van der Waals surface area contributed by atoms with Gasteiger partial charge in [-0.05, 0) is 19.3 Å². The molecular formula is C19H24F2N4O3. The summed E-state index contributed by atoms with van der Waals surface area (Å²) >= 11 is 0. The lowest BCUT2D eigenvalue weighted by molar-refractivity contribution is -0.157. The zero-order chi connectivity index (χ0) is 20.3. The minimum atomic E-state index is -0.971. The van der Waals surface area contributed by atoms with Crippen molar-refractivity contribution in [2.75, 3.05) is 13.1 Å². The Morgan fingerprint density at radius 2 is 2.21 bits per heavy atom. The third kappa shape index (κ3) is 4.14. The smallest absolute Gasteiger partial charge is 0.233 e. The molecule has 9 heteroatoms. The van der Waals surface area contributed by atoms with E-state index in [-0.39, 0.29) is 24.9 Å². The van der Waals surface area contributed by atoms with Gasteiger partial charge in [0.25, 0.3) is 0 Å². The zero-order valence-corrected chi connectivity index (χ0v) is 15.7. The number of amides is 2. The van der Waals surface area contributed by atoms with E-state index < -0.39 is 17.6 Å². The van der Waals surface area contributed by atoms with E-state index in [0.29, 0.717) is 41.3 Å². The molecule has 1 fully saturated rings. The lowest BCUT2D eigenvalue weighted by atomic mass is 9.99. The van der Waals surface area contributed by atoms with Gasteiger partial charge in [-0.25, -0.2) is 18.8 Å². The van der Waals surface area contributed by atoms with Gasteiger partial charge in [0.2, 0.25) is 12.3 Å². The fourth-order valence-electron chi connectivity index (χ4n) is 3.74. The van der Waals surface area contributed by atoms with Gasteiger partial charge in [0.05, 0.1) is 29.5 Å². The van der Waals surface area contributed by atoms with Crippen LogP contribution in [0.2, 0.25) is 0 Å². The van der Waals surface area contributed by atoms with Crippen LogP contribution in [0.25, 0.3) is 11.0 Å². The van der Waals surface area contributed by atoms with Crippen molar-refractivity contribution in [1.29, 1.82) is 0 Å². The molecule has 0 saturated carbocycles. The fraction of sp³-hybridized carbons (Fsp3) is 0.526. The Balaban J connectivity index is 1.84. The minimum Gasteiger partial charge on any atom is -0.340 e. The number of likely N-dealkylation sites (tertiary alicyclic amines) is 1. The second kappa shape index (κ2) is 8.64. The molecule has 1 aliphatic rings. The maximum atomic E-state index is 13.5. The third-order valence-corrected chi connectivity index (χ3v) is 5.18. The van der Waals surface area contributed by atoms with Crippen LogP contribution in [0.4, 0.5) is 8.78 Å². The molecule has 1 aromatic heterocycles. The number of rotatable bonds is 8. The van der Waals surface area contributed by atoms with E-state index in [9.17, 15) is 23.6 Å². The summed E-state index contributed by atoms with van der Waals surface area (Å²) in [5, 5.41) is 10.1. The fourth-order valence-corrected chi connectivity index (χ4v) is 3.74. The normalized spacial score (nSPS) is 17.9. The zero-order valence-electron chi connectivity index (χ0n) is 15.7. The first-order chi connectivity index (χ1) is 13.4. The molecular weight excluding hydrogens is 370 g/mol. The number of hydroxylamine groups is 2. The lowest BCUT2D eigenvalue weighted by Crippen LogP contribution is -2.40. The number of carbonyl (C=O) groups is 2. The Hall–Kier alpha value is -2.55. The number of hydrogen-bond acceptors (Lipinski definition) is 4. The van der Waals surface area contributed by atoms with E-state index in [4.69, 9.17) is 0 Å². The number of aromatic nitrogens is 2. The number of benzene rings is 1. The summed E-state index contributed by atoms with van der Waals surface area (Å²) < 4.78 is 26.9. The van der Waals surface area contributed by atoms with E-state index in [1.165, 1.54) is 0 Å². The van der Waals surface area contributed by atoms with Gasteiger partial charge in [0.1, 0.15) is 5.82 Å². The quantitative estimate of drug-likeness (QED) is 0.409. The van der Waals surface area contributed by atoms with Gasteiger partial charge in [0.15, 0.2) is 11.6 Å². The number of aromatic amines is 1. The Labute approximate surface area is 161 Å². The van der Waals surface area contributed by atoms with E-state index in [1.807, 2.05) is 6.92 Å². The van der Waals surface area contributed by atoms with Gasteiger partial charge in [-0.15, -0.1) is 0 Å². The molecule has 2 aromatic rings. The van der Waals surface area contributed by atoms with Crippen LogP contribution >= 0.6 is 0 Å². The first-order valence-electron chi connectivity index (χ1n) is 9.50. The van der Waals surface area contributed by atoms with Crippen LogP contribution in [0.3, 0.4) is 0 Å². The number of hydrogen-bond donors (Lipinski definition) is 2. The second-order valence-corrected chi connectivity index (χ2v) is 7.16. The van der Waals surface area contributed by atoms with Crippen LogP contribution in [-0.4, -0.2) is 50.5 Å². The van der Waals surface area contributed by atoms with Crippen molar-refractivity contribution < 1.29 is 23.6 Å². The average molecular weight is 394 g/mol. The Morgan fingerprint density at radius 3 is 2.93 bits per heavy atom. The highest BCUT2D eigenvalue weighted by atomic mass is 19.2. The molecule has 1 aliphatic heterocycles. The molecule has 2 atom stereocenters. The van der Waals surface area contributed by atoms with Gasteiger partial charge in [0, 0.05) is 18.7 Å². The molecule has 0 bridgehead atoms. The molecule has 2 N–H and O–H groups in total. The SMILES string of the molecule is CCCCC(CN(O)C=O)C(=O)N1CCCC1c1nc2cc(F)c(F)cc2[nH]1. The van der Waals surface area contributed by atoms with Crippen molar-refractivity contribution in [2.45, 2.75) is 45.1 Å². The van der Waals surface area contributed by atoms with Crippen LogP contribution in [0, 0.1) is 17.6 Å². The summed E-state index contributed by atoms with van der Waals surface area (Å²) in [6.45, 7) is 2.46. The number of imidazole rings is 1. The second-order valence-electron chi connectivity index (χ2n) is 7.16. The molecule has 152 valence electrons. The molecule has 2 heterocycles. The van der Waals surface area contributed by atoms with E-state index in [0.717, 1.165) is 31.4 Å². The molecule has 1 saturated heterocycles. The van der Waals surface area contributed by atoms with Crippen molar-refractivity contribution in [3.8, 4) is 0 Å². The number of H-pyrrole nitrogens is 1. The highest BCUT2D eigenvalue weighted by Crippen LogP contribution is 2.33. The van der Waals surface area contributed by atoms with Crippen LogP contribution in [0.1, 0.15) is 50.9 Å². The van der Waals surface area contributed by atoms with Crippen molar-refractivity contribution in [3.63, 3.8) is 0 Å². The monoisotopic (exact) mass is 394 g/mol. The number of carbonyl (C=O) groups excluding carboxylic acids is 2. The number of nitrogens with one attached hydrogen (secondary N) is 1. The summed E-state index contributed by atoms with van der Waals surface area (Å²) in [7, 11) is 0. The summed E-state index contributed by atoms with van der Waals surface area (Å²) in [5.41, 5.74) is 0.677. The predicted molar refractivity (Wildman–Crippen MR) is 97.3 cm³/mol. The lowest BCUT2D eigenvalue weighted by Gasteiger charge is -2.29. The molecule has 28 heavy (non-hydrogen) atoms. The Morgan fingerprint density at radius 1 is 1.46 bits per heavy atom. The minimum absolute atomic E-state index is 0.0674. The molecule has 1 aromatic carbocycles. The van der Waals surface area contributed by atoms with Crippen LogP contribution in [-0.2, 0) is 9.59 Å². The average Bonchev–Trinajstić information content (AvgIpc) is 3.31. The highest BCUT2D eigenvalue weighted by Gasteiger charge is 2.36. The number of unbranched alkanes of at least 4 members (excludes halogenated alkanes) is 1. The molecule has 2 amide bonds. The van der Waals surface area contributed by atoms with Crippen molar-refractivity contribution in [1.82, 2.24) is 19.9 Å². The molecule has 0 radical (unpaired) electrons. The van der Waals surface area contributed by atoms with E-state index in [1.54, 1.807) is 4.90 Å².